The molecule has 0 bridgehead atoms. The predicted octanol–water partition coefficient (Wildman–Crippen LogP) is 2.24. The number of anilines is 1. The van der Waals surface area contributed by atoms with E-state index in [2.05, 4.69) is 34.0 Å². The van der Waals surface area contributed by atoms with Crippen molar-refractivity contribution in [3.05, 3.63) is 17.6 Å². The van der Waals surface area contributed by atoms with Crippen LogP contribution in [0.2, 0.25) is 0 Å². The zero-order valence-corrected chi connectivity index (χ0v) is 11.5. The first-order valence-corrected chi connectivity index (χ1v) is 6.43. The summed E-state index contributed by atoms with van der Waals surface area (Å²) in [4.78, 5) is 11.2. The Morgan fingerprint density at radius 2 is 1.88 bits per heavy atom. The number of nitrogens with one attached hydrogen (secondary N) is 1. The van der Waals surface area contributed by atoms with E-state index >= 15 is 0 Å². The molecule has 0 atom stereocenters. The van der Waals surface area contributed by atoms with Crippen LogP contribution in [0, 0.1) is 13.8 Å². The summed E-state index contributed by atoms with van der Waals surface area (Å²) in [6, 6.07) is 0. The van der Waals surface area contributed by atoms with Crippen LogP contribution in [0.3, 0.4) is 0 Å². The molecule has 0 aliphatic carbocycles. The molecule has 17 heavy (non-hydrogen) atoms. The normalized spacial score (nSPS) is 10.9. The molecular formula is C13H24N4. The molecule has 1 aromatic heterocycles. The van der Waals surface area contributed by atoms with Crippen LogP contribution in [0.15, 0.2) is 6.20 Å². The van der Waals surface area contributed by atoms with E-state index in [9.17, 15) is 0 Å². The van der Waals surface area contributed by atoms with Gasteiger partial charge in [0.15, 0.2) is 0 Å². The average Bonchev–Trinajstić information content (AvgIpc) is 2.34. The highest BCUT2D eigenvalue weighted by Gasteiger charge is 2.00. The highest BCUT2D eigenvalue weighted by molar-refractivity contribution is 5.33. The first-order chi connectivity index (χ1) is 8.17. The predicted molar refractivity (Wildman–Crippen MR) is 72.4 cm³/mol. The molecule has 0 saturated carbocycles. The van der Waals surface area contributed by atoms with E-state index in [-0.39, 0.29) is 0 Å². The van der Waals surface area contributed by atoms with Gasteiger partial charge in [0.2, 0.25) is 0 Å². The number of nitrogens with zero attached hydrogens (tertiary/aromatic N) is 3. The van der Waals surface area contributed by atoms with E-state index in [0.717, 1.165) is 49.8 Å². The maximum atomic E-state index is 4.44. The molecule has 0 aromatic carbocycles. The van der Waals surface area contributed by atoms with Crippen molar-refractivity contribution in [2.45, 2.75) is 34.1 Å². The number of hydrogen-bond acceptors (Lipinski definition) is 4. The lowest BCUT2D eigenvalue weighted by Gasteiger charge is -2.17. The van der Waals surface area contributed by atoms with Gasteiger partial charge < -0.3 is 10.2 Å². The monoisotopic (exact) mass is 236 g/mol. The topological polar surface area (TPSA) is 41.0 Å². The first-order valence-electron chi connectivity index (χ1n) is 6.43. The molecule has 0 aliphatic heterocycles. The first kappa shape index (κ1) is 13.9. The Morgan fingerprint density at radius 1 is 1.18 bits per heavy atom. The van der Waals surface area contributed by atoms with Crippen LogP contribution in [-0.4, -0.2) is 41.0 Å². The molecular weight excluding hydrogens is 212 g/mol. The Hall–Kier alpha value is -1.16. The van der Waals surface area contributed by atoms with Crippen LogP contribution in [0.25, 0.3) is 0 Å². The fourth-order valence-electron chi connectivity index (χ4n) is 1.69. The Balaban J connectivity index is 2.28. The molecule has 1 heterocycles. The largest absolute Gasteiger partial charge is 0.369 e. The zero-order chi connectivity index (χ0) is 12.7. The standard InChI is InChI=1S/C13H24N4/c1-5-17(6-2)9-7-8-14-13-10-15-11(3)12(4)16-13/h10H,5-9H2,1-4H3,(H,14,16). The summed E-state index contributed by atoms with van der Waals surface area (Å²) in [5, 5.41) is 3.32. The van der Waals surface area contributed by atoms with E-state index in [1.54, 1.807) is 6.20 Å². The molecule has 1 N–H and O–H groups in total. The van der Waals surface area contributed by atoms with Gasteiger partial charge in [-0.25, -0.2) is 4.98 Å². The van der Waals surface area contributed by atoms with Crippen LogP contribution in [0.1, 0.15) is 31.7 Å². The summed E-state index contributed by atoms with van der Waals surface area (Å²) in [6.07, 6.45) is 2.94. The smallest absolute Gasteiger partial charge is 0.144 e. The van der Waals surface area contributed by atoms with Gasteiger partial charge >= 0.3 is 0 Å². The zero-order valence-electron chi connectivity index (χ0n) is 11.5. The van der Waals surface area contributed by atoms with Gasteiger partial charge in [0.1, 0.15) is 5.82 Å². The molecule has 0 unspecified atom stereocenters. The summed E-state index contributed by atoms with van der Waals surface area (Å²) in [5.41, 5.74) is 2.00. The van der Waals surface area contributed by atoms with Gasteiger partial charge in [-0.3, -0.25) is 4.98 Å². The van der Waals surface area contributed by atoms with E-state index in [1.807, 2.05) is 13.8 Å². The van der Waals surface area contributed by atoms with E-state index in [1.165, 1.54) is 0 Å². The van der Waals surface area contributed by atoms with Gasteiger partial charge in [0.05, 0.1) is 17.6 Å². The van der Waals surface area contributed by atoms with Crippen LogP contribution in [-0.2, 0) is 0 Å². The highest BCUT2D eigenvalue weighted by Crippen LogP contribution is 2.05. The van der Waals surface area contributed by atoms with Crippen molar-refractivity contribution in [1.29, 1.82) is 0 Å². The molecule has 0 aliphatic rings. The van der Waals surface area contributed by atoms with Crippen LogP contribution < -0.4 is 5.32 Å². The lowest BCUT2D eigenvalue weighted by molar-refractivity contribution is 0.303. The minimum atomic E-state index is 0.882. The lowest BCUT2D eigenvalue weighted by atomic mass is 10.3. The summed E-state index contributed by atoms with van der Waals surface area (Å²) in [7, 11) is 0. The van der Waals surface area contributed by atoms with Crippen molar-refractivity contribution in [2.75, 3.05) is 31.5 Å². The molecule has 0 radical (unpaired) electrons. The van der Waals surface area contributed by atoms with Crippen molar-refractivity contribution in [3.63, 3.8) is 0 Å². The summed E-state index contributed by atoms with van der Waals surface area (Å²) in [5.74, 6) is 0.882. The average molecular weight is 236 g/mol. The molecule has 0 amide bonds. The Kier molecular flexibility index (Phi) is 5.91. The summed E-state index contributed by atoms with van der Waals surface area (Å²) >= 11 is 0. The maximum absolute atomic E-state index is 4.44. The third kappa shape index (κ3) is 4.69. The van der Waals surface area contributed by atoms with Gasteiger partial charge in [-0.15, -0.1) is 0 Å². The van der Waals surface area contributed by atoms with E-state index in [4.69, 9.17) is 0 Å². The van der Waals surface area contributed by atoms with Gasteiger partial charge in [-0.1, -0.05) is 13.8 Å². The fourth-order valence-corrected chi connectivity index (χ4v) is 1.69. The summed E-state index contributed by atoms with van der Waals surface area (Å²) < 4.78 is 0. The number of hydrogen-bond donors (Lipinski definition) is 1. The highest BCUT2D eigenvalue weighted by atomic mass is 15.1. The molecule has 1 rings (SSSR count). The molecule has 0 saturated heterocycles. The van der Waals surface area contributed by atoms with Crippen molar-refractivity contribution in [2.24, 2.45) is 0 Å². The number of aryl methyl sites for hydroxylation is 2. The van der Waals surface area contributed by atoms with Crippen molar-refractivity contribution in [3.8, 4) is 0 Å². The van der Waals surface area contributed by atoms with Crippen molar-refractivity contribution in [1.82, 2.24) is 14.9 Å². The van der Waals surface area contributed by atoms with Crippen molar-refractivity contribution < 1.29 is 0 Å². The second kappa shape index (κ2) is 7.22. The van der Waals surface area contributed by atoms with E-state index < -0.39 is 0 Å². The number of rotatable bonds is 7. The van der Waals surface area contributed by atoms with Gasteiger partial charge in [-0.05, 0) is 39.9 Å². The Bertz CT molecular complexity index is 334. The van der Waals surface area contributed by atoms with Gasteiger partial charge in [0.25, 0.3) is 0 Å². The van der Waals surface area contributed by atoms with Crippen LogP contribution >= 0.6 is 0 Å². The van der Waals surface area contributed by atoms with Crippen LogP contribution in [0.5, 0.6) is 0 Å². The summed E-state index contributed by atoms with van der Waals surface area (Å²) in [6.45, 7) is 12.7. The van der Waals surface area contributed by atoms with Gasteiger partial charge in [0, 0.05) is 6.54 Å². The Morgan fingerprint density at radius 3 is 2.47 bits per heavy atom. The minimum absolute atomic E-state index is 0.882. The van der Waals surface area contributed by atoms with Crippen LogP contribution in [0.4, 0.5) is 5.82 Å². The molecule has 0 fully saturated rings. The molecule has 96 valence electrons. The lowest BCUT2D eigenvalue weighted by Crippen LogP contribution is -2.25. The second-order valence-electron chi connectivity index (χ2n) is 4.23. The molecule has 4 heteroatoms. The molecule has 1 aromatic rings. The molecule has 4 nitrogen and oxygen atoms in total. The third-order valence-corrected chi connectivity index (χ3v) is 3.04. The maximum Gasteiger partial charge on any atom is 0.144 e. The third-order valence-electron chi connectivity index (χ3n) is 3.04. The number of aromatic nitrogens is 2. The molecule has 0 spiro atoms. The second-order valence-corrected chi connectivity index (χ2v) is 4.23. The fraction of sp³-hybridized carbons (Fsp3) is 0.692. The van der Waals surface area contributed by atoms with E-state index in [0.29, 0.717) is 0 Å². The van der Waals surface area contributed by atoms with Crippen molar-refractivity contribution >= 4 is 5.82 Å². The minimum Gasteiger partial charge on any atom is -0.369 e. The Labute approximate surface area is 104 Å². The SMILES string of the molecule is CCN(CC)CCCNc1cnc(C)c(C)n1. The quantitative estimate of drug-likeness (QED) is 0.737. The van der Waals surface area contributed by atoms with Gasteiger partial charge in [-0.2, -0.15) is 0 Å².